The molecule has 0 amide bonds. The standard InChI is InChI=1S/C14H23NOS/c1-15(10-5-3-4-6-11-17)13-8-7-9-14(12-13)16-2/h7-9,12,17H,3-6,10-11H2,1-2H3. The van der Waals surface area contributed by atoms with Gasteiger partial charge >= 0.3 is 0 Å². The van der Waals surface area contributed by atoms with E-state index in [4.69, 9.17) is 4.74 Å². The van der Waals surface area contributed by atoms with E-state index < -0.39 is 0 Å². The van der Waals surface area contributed by atoms with Crippen LogP contribution in [0.5, 0.6) is 5.75 Å². The van der Waals surface area contributed by atoms with E-state index >= 15 is 0 Å². The molecule has 0 heterocycles. The van der Waals surface area contributed by atoms with Crippen molar-refractivity contribution < 1.29 is 4.74 Å². The topological polar surface area (TPSA) is 12.5 Å². The second kappa shape index (κ2) is 8.29. The third kappa shape index (κ3) is 5.35. The zero-order valence-corrected chi connectivity index (χ0v) is 11.7. The third-order valence-corrected chi connectivity index (χ3v) is 3.21. The zero-order chi connectivity index (χ0) is 12.5. The fraction of sp³-hybridized carbons (Fsp3) is 0.571. The van der Waals surface area contributed by atoms with Crippen molar-refractivity contribution in [3.05, 3.63) is 24.3 Å². The van der Waals surface area contributed by atoms with Crippen LogP contribution in [-0.4, -0.2) is 26.5 Å². The molecule has 0 bridgehead atoms. The van der Waals surface area contributed by atoms with Gasteiger partial charge in [0.1, 0.15) is 5.75 Å². The van der Waals surface area contributed by atoms with Gasteiger partial charge in [-0.1, -0.05) is 18.9 Å². The summed E-state index contributed by atoms with van der Waals surface area (Å²) in [6.07, 6.45) is 5.04. The average molecular weight is 253 g/mol. The number of hydrogen-bond acceptors (Lipinski definition) is 3. The molecule has 1 aromatic rings. The van der Waals surface area contributed by atoms with Crippen LogP contribution >= 0.6 is 12.6 Å². The van der Waals surface area contributed by atoms with Crippen molar-refractivity contribution in [2.75, 3.05) is 31.4 Å². The van der Waals surface area contributed by atoms with Gasteiger partial charge in [0.15, 0.2) is 0 Å². The van der Waals surface area contributed by atoms with Crippen LogP contribution in [0.2, 0.25) is 0 Å². The Morgan fingerprint density at radius 2 is 1.94 bits per heavy atom. The number of rotatable bonds is 8. The second-order valence-electron chi connectivity index (χ2n) is 4.26. The number of hydrogen-bond donors (Lipinski definition) is 1. The lowest BCUT2D eigenvalue weighted by Gasteiger charge is -2.19. The second-order valence-corrected chi connectivity index (χ2v) is 4.71. The van der Waals surface area contributed by atoms with Crippen LogP contribution < -0.4 is 9.64 Å². The summed E-state index contributed by atoms with van der Waals surface area (Å²) in [7, 11) is 3.84. The van der Waals surface area contributed by atoms with Crippen molar-refractivity contribution in [3.8, 4) is 5.75 Å². The fourth-order valence-electron chi connectivity index (χ4n) is 1.79. The van der Waals surface area contributed by atoms with Gasteiger partial charge in [0, 0.05) is 25.3 Å². The normalized spacial score (nSPS) is 10.3. The number of methoxy groups -OCH3 is 1. The third-order valence-electron chi connectivity index (χ3n) is 2.90. The molecule has 0 aliphatic heterocycles. The number of unbranched alkanes of at least 4 members (excludes halogenated alkanes) is 3. The van der Waals surface area contributed by atoms with Gasteiger partial charge in [-0.15, -0.1) is 0 Å². The highest BCUT2D eigenvalue weighted by Crippen LogP contribution is 2.20. The molecule has 0 unspecified atom stereocenters. The highest BCUT2D eigenvalue weighted by atomic mass is 32.1. The van der Waals surface area contributed by atoms with Crippen molar-refractivity contribution in [2.24, 2.45) is 0 Å². The Balaban J connectivity index is 2.33. The average Bonchev–Trinajstić information content (AvgIpc) is 2.38. The SMILES string of the molecule is COc1cccc(N(C)CCCCCCS)c1. The molecule has 0 radical (unpaired) electrons. The minimum Gasteiger partial charge on any atom is -0.497 e. The van der Waals surface area contributed by atoms with E-state index in [-0.39, 0.29) is 0 Å². The first-order valence-electron chi connectivity index (χ1n) is 6.24. The number of benzene rings is 1. The lowest BCUT2D eigenvalue weighted by molar-refractivity contribution is 0.415. The van der Waals surface area contributed by atoms with Crippen LogP contribution in [-0.2, 0) is 0 Å². The number of ether oxygens (including phenoxy) is 1. The molecule has 0 N–H and O–H groups in total. The molecule has 2 nitrogen and oxygen atoms in total. The van der Waals surface area contributed by atoms with Crippen molar-refractivity contribution in [1.82, 2.24) is 0 Å². The Kier molecular flexibility index (Phi) is 6.94. The summed E-state index contributed by atoms with van der Waals surface area (Å²) in [5.41, 5.74) is 1.22. The van der Waals surface area contributed by atoms with E-state index in [9.17, 15) is 0 Å². The maximum Gasteiger partial charge on any atom is 0.120 e. The molecular formula is C14H23NOS. The van der Waals surface area contributed by atoms with Gasteiger partial charge in [-0.3, -0.25) is 0 Å². The lowest BCUT2D eigenvalue weighted by atomic mass is 10.2. The van der Waals surface area contributed by atoms with Crippen molar-refractivity contribution in [3.63, 3.8) is 0 Å². The predicted octanol–water partition coefficient (Wildman–Crippen LogP) is 3.62. The van der Waals surface area contributed by atoms with Crippen LogP contribution in [0.4, 0.5) is 5.69 Å². The maximum atomic E-state index is 5.23. The lowest BCUT2D eigenvalue weighted by Crippen LogP contribution is -2.18. The first kappa shape index (κ1) is 14.2. The van der Waals surface area contributed by atoms with E-state index in [1.54, 1.807) is 7.11 Å². The molecule has 0 aromatic heterocycles. The van der Waals surface area contributed by atoms with Gasteiger partial charge in [-0.25, -0.2) is 0 Å². The Morgan fingerprint density at radius 3 is 2.65 bits per heavy atom. The molecule has 0 saturated carbocycles. The summed E-state index contributed by atoms with van der Waals surface area (Å²) in [6.45, 7) is 1.10. The van der Waals surface area contributed by atoms with Gasteiger partial charge in [0.05, 0.1) is 7.11 Å². The van der Waals surface area contributed by atoms with Crippen molar-refractivity contribution in [1.29, 1.82) is 0 Å². The van der Waals surface area contributed by atoms with Crippen LogP contribution in [0.3, 0.4) is 0 Å². The molecule has 17 heavy (non-hydrogen) atoms. The minimum absolute atomic E-state index is 0.921. The van der Waals surface area contributed by atoms with Crippen LogP contribution in [0.15, 0.2) is 24.3 Å². The Bertz CT molecular complexity index is 317. The first-order chi connectivity index (χ1) is 8.27. The van der Waals surface area contributed by atoms with E-state index in [2.05, 4.69) is 36.7 Å². The predicted molar refractivity (Wildman–Crippen MR) is 78.6 cm³/mol. The largest absolute Gasteiger partial charge is 0.497 e. The Labute approximate surface area is 110 Å². The number of anilines is 1. The molecule has 1 rings (SSSR count). The quantitative estimate of drug-likeness (QED) is 0.561. The van der Waals surface area contributed by atoms with Crippen molar-refractivity contribution in [2.45, 2.75) is 25.7 Å². The summed E-state index contributed by atoms with van der Waals surface area (Å²) in [5.74, 6) is 1.93. The van der Waals surface area contributed by atoms with Gasteiger partial charge < -0.3 is 9.64 Å². The fourth-order valence-corrected chi connectivity index (χ4v) is 2.01. The molecule has 0 atom stereocenters. The van der Waals surface area contributed by atoms with Gasteiger partial charge in [-0.05, 0) is 30.7 Å². The van der Waals surface area contributed by atoms with Gasteiger partial charge in [0.2, 0.25) is 0 Å². The maximum absolute atomic E-state index is 5.23. The molecule has 0 fully saturated rings. The number of nitrogens with zero attached hydrogens (tertiary/aromatic N) is 1. The Morgan fingerprint density at radius 1 is 1.18 bits per heavy atom. The molecule has 96 valence electrons. The molecule has 1 aromatic carbocycles. The molecule has 0 spiro atoms. The highest BCUT2D eigenvalue weighted by Gasteiger charge is 2.01. The Hall–Kier alpha value is -0.830. The monoisotopic (exact) mass is 253 g/mol. The molecular weight excluding hydrogens is 230 g/mol. The van der Waals surface area contributed by atoms with Gasteiger partial charge in [0.25, 0.3) is 0 Å². The smallest absolute Gasteiger partial charge is 0.120 e. The van der Waals surface area contributed by atoms with Crippen LogP contribution in [0.1, 0.15) is 25.7 Å². The molecule has 0 aliphatic carbocycles. The summed E-state index contributed by atoms with van der Waals surface area (Å²) in [5, 5.41) is 0. The van der Waals surface area contributed by atoms with E-state index in [1.165, 1.54) is 31.4 Å². The number of thiol groups is 1. The van der Waals surface area contributed by atoms with E-state index in [1.807, 2.05) is 12.1 Å². The molecule has 0 aliphatic rings. The van der Waals surface area contributed by atoms with Gasteiger partial charge in [-0.2, -0.15) is 12.6 Å². The van der Waals surface area contributed by atoms with E-state index in [0.717, 1.165) is 18.0 Å². The zero-order valence-electron chi connectivity index (χ0n) is 10.9. The first-order valence-corrected chi connectivity index (χ1v) is 6.87. The van der Waals surface area contributed by atoms with Crippen LogP contribution in [0, 0.1) is 0 Å². The van der Waals surface area contributed by atoms with Crippen molar-refractivity contribution >= 4 is 18.3 Å². The summed E-state index contributed by atoms with van der Waals surface area (Å²) in [4.78, 5) is 2.28. The summed E-state index contributed by atoms with van der Waals surface area (Å²) in [6, 6.07) is 8.21. The van der Waals surface area contributed by atoms with Crippen LogP contribution in [0.25, 0.3) is 0 Å². The summed E-state index contributed by atoms with van der Waals surface area (Å²) < 4.78 is 5.23. The highest BCUT2D eigenvalue weighted by molar-refractivity contribution is 7.80. The molecule has 3 heteroatoms. The summed E-state index contributed by atoms with van der Waals surface area (Å²) >= 11 is 4.22. The minimum atomic E-state index is 0.921. The van der Waals surface area contributed by atoms with E-state index in [0.29, 0.717) is 0 Å². The molecule has 0 saturated heterocycles.